The predicted octanol–water partition coefficient (Wildman–Crippen LogP) is 4.27. The first-order valence-electron chi connectivity index (χ1n) is 6.95. The maximum Gasteiger partial charge on any atom is 0.222 e. The molecule has 1 aromatic carbocycles. The third-order valence-electron chi connectivity index (χ3n) is 3.96. The second-order valence-electron chi connectivity index (χ2n) is 5.31. The van der Waals surface area contributed by atoms with E-state index < -0.39 is 0 Å². The highest BCUT2D eigenvalue weighted by Crippen LogP contribution is 2.43. The Morgan fingerprint density at radius 3 is 2.48 bits per heavy atom. The Balaban J connectivity index is 2.23. The number of anilines is 2. The number of aromatic nitrogens is 2. The van der Waals surface area contributed by atoms with E-state index in [0.717, 1.165) is 24.0 Å². The van der Waals surface area contributed by atoms with Gasteiger partial charge in [0, 0.05) is 11.1 Å². The first-order chi connectivity index (χ1) is 10.1. The van der Waals surface area contributed by atoms with Crippen molar-refractivity contribution in [3.8, 4) is 11.3 Å². The molecule has 1 fully saturated rings. The molecule has 0 aliphatic heterocycles. The number of nitrogen functional groups attached to an aromatic ring is 2. The van der Waals surface area contributed by atoms with Gasteiger partial charge < -0.3 is 11.5 Å². The monoisotopic (exact) mass is 322 g/mol. The van der Waals surface area contributed by atoms with E-state index in [1.165, 1.54) is 12.8 Å². The standard InChI is InChI=1S/C15H16Cl2N4/c16-10-7-3-6-9(12(10)17)13-11(8-4-1-2-5-8)14(18)21-15(19)20-13/h3,6-8H,1-2,4-5H2,(H4,18,19,20,21). The first-order valence-corrected chi connectivity index (χ1v) is 7.70. The van der Waals surface area contributed by atoms with Crippen LogP contribution >= 0.6 is 23.2 Å². The van der Waals surface area contributed by atoms with Gasteiger partial charge in [0.25, 0.3) is 0 Å². The Morgan fingerprint density at radius 1 is 1.05 bits per heavy atom. The molecule has 1 aliphatic rings. The van der Waals surface area contributed by atoms with Gasteiger partial charge in [-0.1, -0.05) is 48.2 Å². The number of nitrogens with two attached hydrogens (primary N) is 2. The molecule has 21 heavy (non-hydrogen) atoms. The molecule has 6 heteroatoms. The molecule has 1 heterocycles. The van der Waals surface area contributed by atoms with E-state index in [1.54, 1.807) is 6.07 Å². The number of halogens is 2. The summed E-state index contributed by atoms with van der Waals surface area (Å²) in [5.41, 5.74) is 14.3. The summed E-state index contributed by atoms with van der Waals surface area (Å²) in [6.07, 6.45) is 4.56. The van der Waals surface area contributed by atoms with Crippen LogP contribution in [0.4, 0.5) is 11.8 Å². The molecular formula is C15H16Cl2N4. The van der Waals surface area contributed by atoms with Crippen LogP contribution < -0.4 is 11.5 Å². The minimum atomic E-state index is 0.153. The molecule has 2 aromatic rings. The fourth-order valence-corrected chi connectivity index (χ4v) is 3.40. The lowest BCUT2D eigenvalue weighted by atomic mass is 9.93. The molecular weight excluding hydrogens is 307 g/mol. The summed E-state index contributed by atoms with van der Waals surface area (Å²) in [5, 5.41) is 0.957. The van der Waals surface area contributed by atoms with Crippen LogP contribution in [-0.2, 0) is 0 Å². The SMILES string of the molecule is Nc1nc(N)c(C2CCCC2)c(-c2cccc(Cl)c2Cl)n1. The van der Waals surface area contributed by atoms with Gasteiger partial charge >= 0.3 is 0 Å². The Bertz CT molecular complexity index is 682. The average Bonchev–Trinajstić information content (AvgIpc) is 2.94. The minimum absolute atomic E-state index is 0.153. The first kappa shape index (κ1) is 14.4. The van der Waals surface area contributed by atoms with Crippen LogP contribution in [0.2, 0.25) is 10.0 Å². The molecule has 0 spiro atoms. The summed E-state index contributed by atoms with van der Waals surface area (Å²) in [7, 11) is 0. The maximum atomic E-state index is 6.34. The van der Waals surface area contributed by atoms with Crippen molar-refractivity contribution in [2.24, 2.45) is 0 Å². The van der Waals surface area contributed by atoms with E-state index in [9.17, 15) is 0 Å². The zero-order valence-electron chi connectivity index (χ0n) is 11.4. The molecule has 0 unspecified atom stereocenters. The van der Waals surface area contributed by atoms with Crippen LogP contribution in [-0.4, -0.2) is 9.97 Å². The van der Waals surface area contributed by atoms with E-state index >= 15 is 0 Å². The highest BCUT2D eigenvalue weighted by atomic mass is 35.5. The molecule has 4 nitrogen and oxygen atoms in total. The van der Waals surface area contributed by atoms with Gasteiger partial charge in [-0.3, -0.25) is 0 Å². The smallest absolute Gasteiger partial charge is 0.222 e. The van der Waals surface area contributed by atoms with Gasteiger partial charge in [-0.05, 0) is 24.8 Å². The lowest BCUT2D eigenvalue weighted by molar-refractivity contribution is 0.720. The quantitative estimate of drug-likeness (QED) is 0.865. The van der Waals surface area contributed by atoms with Crippen LogP contribution in [0.1, 0.15) is 37.2 Å². The summed E-state index contributed by atoms with van der Waals surface area (Å²) in [5.74, 6) is 0.955. The van der Waals surface area contributed by atoms with E-state index in [2.05, 4.69) is 9.97 Å². The molecule has 110 valence electrons. The van der Waals surface area contributed by atoms with Crippen LogP contribution in [0, 0.1) is 0 Å². The van der Waals surface area contributed by atoms with Gasteiger partial charge in [-0.15, -0.1) is 0 Å². The molecule has 1 aromatic heterocycles. The highest BCUT2D eigenvalue weighted by molar-refractivity contribution is 6.43. The zero-order chi connectivity index (χ0) is 15.0. The second kappa shape index (κ2) is 5.70. The maximum absolute atomic E-state index is 6.34. The molecule has 1 saturated carbocycles. The third kappa shape index (κ3) is 2.65. The van der Waals surface area contributed by atoms with E-state index in [4.69, 9.17) is 34.7 Å². The summed E-state index contributed by atoms with van der Waals surface area (Å²) in [4.78, 5) is 8.52. The summed E-state index contributed by atoms with van der Waals surface area (Å²) < 4.78 is 0. The van der Waals surface area contributed by atoms with Crippen molar-refractivity contribution in [2.45, 2.75) is 31.6 Å². The van der Waals surface area contributed by atoms with Crippen LogP contribution in [0.15, 0.2) is 18.2 Å². The average molecular weight is 323 g/mol. The van der Waals surface area contributed by atoms with Crippen molar-refractivity contribution in [1.29, 1.82) is 0 Å². The molecule has 0 atom stereocenters. The number of benzene rings is 1. The van der Waals surface area contributed by atoms with Crippen molar-refractivity contribution in [2.75, 3.05) is 11.5 Å². The van der Waals surface area contributed by atoms with Crippen molar-refractivity contribution in [3.63, 3.8) is 0 Å². The Morgan fingerprint density at radius 2 is 1.76 bits per heavy atom. The fourth-order valence-electron chi connectivity index (χ4n) is 3.01. The van der Waals surface area contributed by atoms with E-state index in [-0.39, 0.29) is 5.95 Å². The normalized spacial score (nSPS) is 15.5. The zero-order valence-corrected chi connectivity index (χ0v) is 13.0. The molecule has 0 radical (unpaired) electrons. The van der Waals surface area contributed by atoms with Crippen molar-refractivity contribution < 1.29 is 0 Å². The van der Waals surface area contributed by atoms with E-state index in [0.29, 0.717) is 27.5 Å². The molecule has 4 N–H and O–H groups in total. The lowest BCUT2D eigenvalue weighted by Gasteiger charge is -2.18. The van der Waals surface area contributed by atoms with Crippen molar-refractivity contribution in [3.05, 3.63) is 33.8 Å². The van der Waals surface area contributed by atoms with Crippen LogP contribution in [0.3, 0.4) is 0 Å². The van der Waals surface area contributed by atoms with Crippen molar-refractivity contribution >= 4 is 35.0 Å². The topological polar surface area (TPSA) is 77.8 Å². The fraction of sp³-hybridized carbons (Fsp3) is 0.333. The lowest BCUT2D eigenvalue weighted by Crippen LogP contribution is -2.09. The van der Waals surface area contributed by atoms with Gasteiger partial charge in [0.2, 0.25) is 5.95 Å². The summed E-state index contributed by atoms with van der Waals surface area (Å²) in [6.45, 7) is 0. The molecule has 3 rings (SSSR count). The van der Waals surface area contributed by atoms with Crippen LogP contribution in [0.25, 0.3) is 11.3 Å². The highest BCUT2D eigenvalue weighted by Gasteiger charge is 2.26. The molecule has 0 amide bonds. The number of rotatable bonds is 2. The van der Waals surface area contributed by atoms with Crippen molar-refractivity contribution in [1.82, 2.24) is 9.97 Å². The number of nitrogens with zero attached hydrogens (tertiary/aromatic N) is 2. The summed E-state index contributed by atoms with van der Waals surface area (Å²) in [6, 6.07) is 5.47. The second-order valence-corrected chi connectivity index (χ2v) is 6.10. The molecule has 1 aliphatic carbocycles. The largest absolute Gasteiger partial charge is 0.383 e. The van der Waals surface area contributed by atoms with Crippen LogP contribution in [0.5, 0.6) is 0 Å². The van der Waals surface area contributed by atoms with Gasteiger partial charge in [0.05, 0.1) is 15.7 Å². The Hall–Kier alpha value is -1.52. The number of hydrogen-bond donors (Lipinski definition) is 2. The van der Waals surface area contributed by atoms with E-state index in [1.807, 2.05) is 12.1 Å². The Kier molecular flexibility index (Phi) is 3.91. The summed E-state index contributed by atoms with van der Waals surface area (Å²) >= 11 is 12.5. The number of hydrogen-bond acceptors (Lipinski definition) is 4. The minimum Gasteiger partial charge on any atom is -0.383 e. The van der Waals surface area contributed by atoms with Gasteiger partial charge in [0.1, 0.15) is 5.82 Å². The van der Waals surface area contributed by atoms with Gasteiger partial charge in [-0.2, -0.15) is 4.98 Å². The van der Waals surface area contributed by atoms with Gasteiger partial charge in [0.15, 0.2) is 0 Å². The third-order valence-corrected chi connectivity index (χ3v) is 4.78. The van der Waals surface area contributed by atoms with Gasteiger partial charge in [-0.25, -0.2) is 4.98 Å². The predicted molar refractivity (Wildman–Crippen MR) is 87.5 cm³/mol. The molecule has 0 bridgehead atoms. The Labute approximate surface area is 133 Å². The molecule has 0 saturated heterocycles.